The molecule has 0 unspecified atom stereocenters. The van der Waals surface area contributed by atoms with Crippen LogP contribution in [0.4, 0.5) is 0 Å². The fraction of sp³-hybridized carbons (Fsp3) is 0.267. The standard InChI is InChI=1S/C15H16N2O4/c1-9-13(10(2)21-17-9)8-16-14(18)7-11-4-3-5-12(6-11)15(19)20/h3-6H,7-8H2,1-2H3,(H,16,18)(H,19,20). The third kappa shape index (κ3) is 3.68. The Kier molecular flexibility index (Phi) is 4.37. The molecule has 0 saturated heterocycles. The lowest BCUT2D eigenvalue weighted by molar-refractivity contribution is -0.120. The van der Waals surface area contributed by atoms with E-state index in [-0.39, 0.29) is 17.9 Å². The summed E-state index contributed by atoms with van der Waals surface area (Å²) in [6.45, 7) is 3.95. The van der Waals surface area contributed by atoms with E-state index < -0.39 is 5.97 Å². The molecule has 0 radical (unpaired) electrons. The summed E-state index contributed by atoms with van der Waals surface area (Å²) < 4.78 is 5.02. The zero-order chi connectivity index (χ0) is 15.4. The van der Waals surface area contributed by atoms with Gasteiger partial charge in [-0.05, 0) is 31.5 Å². The number of aryl methyl sites for hydroxylation is 2. The summed E-state index contributed by atoms with van der Waals surface area (Å²) in [4.78, 5) is 22.8. The Bertz CT molecular complexity index is 657. The van der Waals surface area contributed by atoms with Crippen LogP contribution in [0.25, 0.3) is 0 Å². The average molecular weight is 288 g/mol. The summed E-state index contributed by atoms with van der Waals surface area (Å²) in [6.07, 6.45) is 0.129. The molecule has 0 aliphatic rings. The van der Waals surface area contributed by atoms with E-state index in [2.05, 4.69) is 10.5 Å². The number of amides is 1. The first-order valence-corrected chi connectivity index (χ1v) is 6.48. The Balaban J connectivity index is 1.96. The lowest BCUT2D eigenvalue weighted by atomic mass is 10.1. The molecule has 6 heteroatoms. The topological polar surface area (TPSA) is 92.4 Å². The third-order valence-electron chi connectivity index (χ3n) is 3.18. The van der Waals surface area contributed by atoms with Crippen molar-refractivity contribution in [2.45, 2.75) is 26.8 Å². The molecule has 0 atom stereocenters. The normalized spacial score (nSPS) is 10.4. The average Bonchev–Trinajstić information content (AvgIpc) is 2.76. The summed E-state index contributed by atoms with van der Waals surface area (Å²) in [7, 11) is 0. The van der Waals surface area contributed by atoms with Gasteiger partial charge in [0, 0.05) is 12.1 Å². The molecule has 2 aromatic rings. The SMILES string of the molecule is Cc1noc(C)c1CNC(=O)Cc1cccc(C(=O)O)c1. The molecule has 2 rings (SSSR count). The minimum atomic E-state index is -1.01. The molecule has 6 nitrogen and oxygen atoms in total. The fourth-order valence-electron chi connectivity index (χ4n) is 2.00. The monoisotopic (exact) mass is 288 g/mol. The molecule has 0 aliphatic carbocycles. The van der Waals surface area contributed by atoms with Gasteiger partial charge in [0.2, 0.25) is 5.91 Å². The molecule has 1 heterocycles. The van der Waals surface area contributed by atoms with Crippen molar-refractivity contribution in [3.8, 4) is 0 Å². The maximum atomic E-state index is 11.9. The van der Waals surface area contributed by atoms with Gasteiger partial charge in [0.05, 0.1) is 17.7 Å². The summed E-state index contributed by atoms with van der Waals surface area (Å²) in [5.74, 6) is -0.508. The van der Waals surface area contributed by atoms with E-state index >= 15 is 0 Å². The minimum absolute atomic E-state index is 0.129. The van der Waals surface area contributed by atoms with E-state index in [4.69, 9.17) is 9.63 Å². The van der Waals surface area contributed by atoms with E-state index in [1.54, 1.807) is 19.1 Å². The van der Waals surface area contributed by atoms with Crippen LogP contribution in [0.15, 0.2) is 28.8 Å². The van der Waals surface area contributed by atoms with Crippen LogP contribution in [0, 0.1) is 13.8 Å². The number of carboxylic acids is 1. The first-order valence-electron chi connectivity index (χ1n) is 6.48. The molecule has 0 bridgehead atoms. The van der Waals surface area contributed by atoms with Crippen molar-refractivity contribution in [2.24, 2.45) is 0 Å². The van der Waals surface area contributed by atoms with Crippen molar-refractivity contribution in [1.82, 2.24) is 10.5 Å². The highest BCUT2D eigenvalue weighted by atomic mass is 16.5. The van der Waals surface area contributed by atoms with Crippen LogP contribution in [0.3, 0.4) is 0 Å². The first-order chi connectivity index (χ1) is 9.97. The molecule has 0 saturated carbocycles. The molecule has 2 N–H and O–H groups in total. The Morgan fingerprint density at radius 3 is 2.71 bits per heavy atom. The number of aromatic nitrogens is 1. The first kappa shape index (κ1) is 14.8. The molecule has 0 spiro atoms. The molecular formula is C15H16N2O4. The van der Waals surface area contributed by atoms with Crippen LogP contribution < -0.4 is 5.32 Å². The summed E-state index contributed by atoms with van der Waals surface area (Å²) >= 11 is 0. The van der Waals surface area contributed by atoms with Crippen LogP contribution in [0.2, 0.25) is 0 Å². The third-order valence-corrected chi connectivity index (χ3v) is 3.18. The Morgan fingerprint density at radius 1 is 1.33 bits per heavy atom. The van der Waals surface area contributed by atoms with Gasteiger partial charge in [-0.25, -0.2) is 4.79 Å². The number of carbonyl (C=O) groups excluding carboxylic acids is 1. The second kappa shape index (κ2) is 6.21. The second-order valence-electron chi connectivity index (χ2n) is 4.76. The van der Waals surface area contributed by atoms with Crippen LogP contribution in [0.5, 0.6) is 0 Å². The second-order valence-corrected chi connectivity index (χ2v) is 4.76. The largest absolute Gasteiger partial charge is 0.478 e. The number of aromatic carboxylic acids is 1. The number of carbonyl (C=O) groups is 2. The van der Waals surface area contributed by atoms with Crippen LogP contribution in [-0.2, 0) is 17.8 Å². The van der Waals surface area contributed by atoms with E-state index in [1.165, 1.54) is 12.1 Å². The zero-order valence-electron chi connectivity index (χ0n) is 11.8. The van der Waals surface area contributed by atoms with Crippen molar-refractivity contribution in [2.75, 3.05) is 0 Å². The minimum Gasteiger partial charge on any atom is -0.478 e. The lowest BCUT2D eigenvalue weighted by Gasteiger charge is -2.05. The molecule has 1 aromatic carbocycles. The molecule has 1 aromatic heterocycles. The smallest absolute Gasteiger partial charge is 0.335 e. The van der Waals surface area contributed by atoms with Crippen molar-refractivity contribution >= 4 is 11.9 Å². The summed E-state index contributed by atoms with van der Waals surface area (Å²) in [6, 6.07) is 6.34. The maximum Gasteiger partial charge on any atom is 0.335 e. The van der Waals surface area contributed by atoms with Crippen LogP contribution in [-0.4, -0.2) is 22.1 Å². The molecule has 0 fully saturated rings. The predicted molar refractivity (Wildman–Crippen MR) is 74.9 cm³/mol. The van der Waals surface area contributed by atoms with Gasteiger partial charge in [-0.1, -0.05) is 17.3 Å². The van der Waals surface area contributed by atoms with Gasteiger partial charge in [-0.2, -0.15) is 0 Å². The Labute approximate surface area is 121 Å². The van der Waals surface area contributed by atoms with Crippen molar-refractivity contribution in [1.29, 1.82) is 0 Å². The van der Waals surface area contributed by atoms with Gasteiger partial charge in [-0.3, -0.25) is 4.79 Å². The number of carboxylic acid groups (broad SMARTS) is 1. The molecule has 110 valence electrons. The van der Waals surface area contributed by atoms with Gasteiger partial charge in [0.1, 0.15) is 5.76 Å². The fourth-order valence-corrected chi connectivity index (χ4v) is 2.00. The van der Waals surface area contributed by atoms with Crippen molar-refractivity contribution in [3.05, 3.63) is 52.4 Å². The molecule has 0 aliphatic heterocycles. The molecule has 21 heavy (non-hydrogen) atoms. The summed E-state index contributed by atoms with van der Waals surface area (Å²) in [5.41, 5.74) is 2.44. The van der Waals surface area contributed by atoms with Crippen LogP contribution in [0.1, 0.15) is 32.9 Å². The van der Waals surface area contributed by atoms with E-state index in [9.17, 15) is 9.59 Å². The van der Waals surface area contributed by atoms with Crippen molar-refractivity contribution < 1.29 is 19.2 Å². The van der Waals surface area contributed by atoms with E-state index in [0.29, 0.717) is 17.9 Å². The highest BCUT2D eigenvalue weighted by Gasteiger charge is 2.11. The Hall–Kier alpha value is -2.63. The summed E-state index contributed by atoms with van der Waals surface area (Å²) in [5, 5.41) is 15.5. The van der Waals surface area contributed by atoms with Gasteiger partial charge in [0.25, 0.3) is 0 Å². The number of nitrogens with one attached hydrogen (secondary N) is 1. The number of nitrogens with zero attached hydrogens (tertiary/aromatic N) is 1. The van der Waals surface area contributed by atoms with Gasteiger partial charge in [-0.15, -0.1) is 0 Å². The van der Waals surface area contributed by atoms with Crippen molar-refractivity contribution in [3.63, 3.8) is 0 Å². The zero-order valence-corrected chi connectivity index (χ0v) is 11.8. The quantitative estimate of drug-likeness (QED) is 0.876. The number of benzene rings is 1. The van der Waals surface area contributed by atoms with E-state index in [1.807, 2.05) is 6.92 Å². The molecule has 1 amide bonds. The highest BCUT2D eigenvalue weighted by Crippen LogP contribution is 2.12. The van der Waals surface area contributed by atoms with Gasteiger partial charge in [0.15, 0.2) is 0 Å². The van der Waals surface area contributed by atoms with Gasteiger partial charge >= 0.3 is 5.97 Å². The maximum absolute atomic E-state index is 11.9. The number of rotatable bonds is 5. The van der Waals surface area contributed by atoms with Gasteiger partial charge < -0.3 is 14.9 Å². The van der Waals surface area contributed by atoms with E-state index in [0.717, 1.165) is 11.3 Å². The highest BCUT2D eigenvalue weighted by molar-refractivity contribution is 5.88. The predicted octanol–water partition coefficient (Wildman–Crippen LogP) is 1.85. The number of hydrogen-bond acceptors (Lipinski definition) is 4. The lowest BCUT2D eigenvalue weighted by Crippen LogP contribution is -2.25. The Morgan fingerprint density at radius 2 is 2.10 bits per heavy atom. The number of hydrogen-bond donors (Lipinski definition) is 2. The molecular weight excluding hydrogens is 272 g/mol. The van der Waals surface area contributed by atoms with Crippen LogP contribution >= 0.6 is 0 Å².